The number of thiophene rings is 1. The van der Waals surface area contributed by atoms with E-state index in [1.165, 1.54) is 11.3 Å². The van der Waals surface area contributed by atoms with E-state index in [-0.39, 0.29) is 18.3 Å². The highest BCUT2D eigenvalue weighted by Crippen LogP contribution is 2.20. The second-order valence-electron chi connectivity index (χ2n) is 4.78. The third kappa shape index (κ3) is 4.58. The lowest BCUT2D eigenvalue weighted by Crippen LogP contribution is -2.33. The van der Waals surface area contributed by atoms with Crippen LogP contribution in [0.5, 0.6) is 0 Å². The van der Waals surface area contributed by atoms with E-state index < -0.39 is 15.9 Å². The van der Waals surface area contributed by atoms with Crippen molar-refractivity contribution in [3.05, 3.63) is 33.6 Å². The first-order valence-corrected chi connectivity index (χ1v) is 9.83. The standard InChI is InChI=1S/C13H18N2O3S3/c1-9(12-7-15-10(2)20-12)14-6-11(16)8-21(17,18)13-4-3-5-19-13/h3-5,7,9,11,14,16H,6,8H2,1-2H3. The summed E-state index contributed by atoms with van der Waals surface area (Å²) in [6.07, 6.45) is 0.862. The first-order valence-electron chi connectivity index (χ1n) is 6.48. The third-order valence-corrected chi connectivity index (χ3v) is 7.32. The molecule has 0 bridgehead atoms. The first-order chi connectivity index (χ1) is 9.88. The van der Waals surface area contributed by atoms with Crippen molar-refractivity contribution in [1.29, 1.82) is 0 Å². The highest BCUT2D eigenvalue weighted by molar-refractivity contribution is 7.93. The molecule has 5 nitrogen and oxygen atoms in total. The topological polar surface area (TPSA) is 79.3 Å². The highest BCUT2D eigenvalue weighted by Gasteiger charge is 2.21. The SMILES string of the molecule is Cc1ncc(C(C)NCC(O)CS(=O)(=O)c2cccs2)s1. The number of aliphatic hydroxyl groups excluding tert-OH is 1. The van der Waals surface area contributed by atoms with Crippen molar-refractivity contribution in [1.82, 2.24) is 10.3 Å². The minimum absolute atomic E-state index is 0.0373. The van der Waals surface area contributed by atoms with Gasteiger partial charge in [-0.15, -0.1) is 22.7 Å². The smallest absolute Gasteiger partial charge is 0.190 e. The molecule has 0 radical (unpaired) electrons. The van der Waals surface area contributed by atoms with Crippen LogP contribution < -0.4 is 5.32 Å². The van der Waals surface area contributed by atoms with Gasteiger partial charge in [0.15, 0.2) is 9.84 Å². The molecule has 0 amide bonds. The number of nitrogens with one attached hydrogen (secondary N) is 1. The Morgan fingerprint density at radius 2 is 2.24 bits per heavy atom. The molecule has 0 spiro atoms. The van der Waals surface area contributed by atoms with Crippen molar-refractivity contribution in [2.24, 2.45) is 0 Å². The van der Waals surface area contributed by atoms with E-state index in [1.807, 2.05) is 13.8 Å². The Bertz CT molecular complexity index is 665. The molecular weight excluding hydrogens is 328 g/mol. The largest absolute Gasteiger partial charge is 0.391 e. The molecule has 0 saturated heterocycles. The number of aliphatic hydroxyl groups is 1. The van der Waals surface area contributed by atoms with Crippen LogP contribution in [0.4, 0.5) is 0 Å². The fraction of sp³-hybridized carbons (Fsp3) is 0.462. The summed E-state index contributed by atoms with van der Waals surface area (Å²) in [7, 11) is -3.41. The number of sulfone groups is 1. The Kier molecular flexibility index (Phi) is 5.50. The van der Waals surface area contributed by atoms with E-state index in [0.29, 0.717) is 4.21 Å². The van der Waals surface area contributed by atoms with Gasteiger partial charge in [0.1, 0.15) is 4.21 Å². The second kappa shape index (κ2) is 6.97. The van der Waals surface area contributed by atoms with Gasteiger partial charge in [0.25, 0.3) is 0 Å². The van der Waals surface area contributed by atoms with Gasteiger partial charge in [0.2, 0.25) is 0 Å². The molecule has 2 unspecified atom stereocenters. The van der Waals surface area contributed by atoms with Gasteiger partial charge in [-0.2, -0.15) is 0 Å². The van der Waals surface area contributed by atoms with Gasteiger partial charge >= 0.3 is 0 Å². The molecule has 2 aromatic rings. The predicted molar refractivity (Wildman–Crippen MR) is 85.6 cm³/mol. The van der Waals surface area contributed by atoms with Crippen LogP contribution in [0.1, 0.15) is 22.9 Å². The minimum atomic E-state index is -3.41. The molecule has 0 aromatic carbocycles. The Morgan fingerprint density at radius 3 is 2.81 bits per heavy atom. The van der Waals surface area contributed by atoms with Crippen LogP contribution >= 0.6 is 22.7 Å². The van der Waals surface area contributed by atoms with Crippen LogP contribution in [0.25, 0.3) is 0 Å². The van der Waals surface area contributed by atoms with Crippen molar-refractivity contribution in [3.8, 4) is 0 Å². The van der Waals surface area contributed by atoms with E-state index in [4.69, 9.17) is 0 Å². The lowest BCUT2D eigenvalue weighted by Gasteiger charge is -2.15. The van der Waals surface area contributed by atoms with Crippen molar-refractivity contribution >= 4 is 32.5 Å². The van der Waals surface area contributed by atoms with Crippen LogP contribution in [0, 0.1) is 6.92 Å². The highest BCUT2D eigenvalue weighted by atomic mass is 32.2. The molecule has 2 N–H and O–H groups in total. The fourth-order valence-corrected chi connectivity index (χ4v) is 5.12. The summed E-state index contributed by atoms with van der Waals surface area (Å²) in [5.74, 6) is -0.269. The normalized spacial score (nSPS) is 15.0. The van der Waals surface area contributed by atoms with E-state index in [2.05, 4.69) is 10.3 Å². The predicted octanol–water partition coefficient (Wildman–Crippen LogP) is 2.00. The molecule has 0 aliphatic heterocycles. The fourth-order valence-electron chi connectivity index (χ4n) is 1.83. The van der Waals surface area contributed by atoms with Gasteiger partial charge in [-0.25, -0.2) is 13.4 Å². The summed E-state index contributed by atoms with van der Waals surface area (Å²) in [5, 5.41) is 15.8. The van der Waals surface area contributed by atoms with Gasteiger partial charge < -0.3 is 10.4 Å². The maximum atomic E-state index is 12.0. The minimum Gasteiger partial charge on any atom is -0.391 e. The molecule has 21 heavy (non-hydrogen) atoms. The lowest BCUT2D eigenvalue weighted by molar-refractivity contribution is 0.189. The number of aromatic nitrogens is 1. The Labute approximate surface area is 132 Å². The van der Waals surface area contributed by atoms with Crippen molar-refractivity contribution < 1.29 is 13.5 Å². The summed E-state index contributed by atoms with van der Waals surface area (Å²) in [5.41, 5.74) is 0. The molecule has 116 valence electrons. The zero-order valence-electron chi connectivity index (χ0n) is 11.8. The lowest BCUT2D eigenvalue weighted by atomic mass is 10.3. The molecule has 0 saturated carbocycles. The average Bonchev–Trinajstić information content (AvgIpc) is 3.06. The maximum absolute atomic E-state index is 12.0. The van der Waals surface area contributed by atoms with E-state index >= 15 is 0 Å². The van der Waals surface area contributed by atoms with Crippen LogP contribution in [-0.4, -0.2) is 36.9 Å². The molecule has 0 aliphatic carbocycles. The van der Waals surface area contributed by atoms with Crippen LogP contribution in [0.2, 0.25) is 0 Å². The maximum Gasteiger partial charge on any atom is 0.190 e. The second-order valence-corrected chi connectivity index (χ2v) is 9.25. The molecule has 0 fully saturated rings. The van der Waals surface area contributed by atoms with Gasteiger partial charge in [0, 0.05) is 23.7 Å². The van der Waals surface area contributed by atoms with Crippen LogP contribution in [-0.2, 0) is 9.84 Å². The van der Waals surface area contributed by atoms with Gasteiger partial charge in [-0.05, 0) is 25.3 Å². The average molecular weight is 346 g/mol. The summed E-state index contributed by atoms with van der Waals surface area (Å²) in [6, 6.07) is 3.29. The number of hydrogen-bond acceptors (Lipinski definition) is 7. The van der Waals surface area contributed by atoms with Gasteiger partial charge in [-0.3, -0.25) is 0 Å². The summed E-state index contributed by atoms with van der Waals surface area (Å²) < 4.78 is 24.4. The Hall–Kier alpha value is -0.800. The molecule has 2 atom stereocenters. The Balaban J connectivity index is 1.86. The summed E-state index contributed by atoms with van der Waals surface area (Å²) in [6.45, 7) is 4.12. The van der Waals surface area contributed by atoms with Crippen LogP contribution in [0.15, 0.2) is 27.9 Å². The number of hydrogen-bond donors (Lipinski definition) is 2. The zero-order chi connectivity index (χ0) is 15.5. The number of thiazole rings is 1. The zero-order valence-corrected chi connectivity index (χ0v) is 14.3. The summed E-state index contributed by atoms with van der Waals surface area (Å²) >= 11 is 2.76. The van der Waals surface area contributed by atoms with E-state index in [0.717, 1.165) is 9.88 Å². The monoisotopic (exact) mass is 346 g/mol. The molecule has 0 aliphatic rings. The molecular formula is C13H18N2O3S3. The van der Waals surface area contributed by atoms with Crippen molar-refractivity contribution in [2.45, 2.75) is 30.2 Å². The number of aryl methyl sites for hydroxylation is 1. The Morgan fingerprint density at radius 1 is 1.48 bits per heavy atom. The van der Waals surface area contributed by atoms with Crippen LogP contribution in [0.3, 0.4) is 0 Å². The summed E-state index contributed by atoms with van der Waals surface area (Å²) in [4.78, 5) is 5.25. The number of rotatable bonds is 7. The first kappa shape index (κ1) is 16.6. The molecule has 2 heterocycles. The van der Waals surface area contributed by atoms with E-state index in [1.54, 1.807) is 35.0 Å². The van der Waals surface area contributed by atoms with Gasteiger partial charge in [0.05, 0.1) is 16.9 Å². The molecule has 2 aromatic heterocycles. The quantitative estimate of drug-likeness (QED) is 0.801. The number of nitrogens with zero attached hydrogens (tertiary/aromatic N) is 1. The van der Waals surface area contributed by atoms with E-state index in [9.17, 15) is 13.5 Å². The van der Waals surface area contributed by atoms with Crippen molar-refractivity contribution in [2.75, 3.05) is 12.3 Å². The molecule has 2 rings (SSSR count). The van der Waals surface area contributed by atoms with Gasteiger partial charge in [-0.1, -0.05) is 6.07 Å². The molecule has 8 heteroatoms. The van der Waals surface area contributed by atoms with Crippen molar-refractivity contribution in [3.63, 3.8) is 0 Å². The third-order valence-electron chi connectivity index (χ3n) is 2.94.